The van der Waals surface area contributed by atoms with Crippen molar-refractivity contribution in [3.63, 3.8) is 0 Å². The third kappa shape index (κ3) is 6.24. The molecule has 0 spiro atoms. The molecule has 6 heteroatoms. The van der Waals surface area contributed by atoms with E-state index in [1.807, 2.05) is 55.5 Å². The van der Waals surface area contributed by atoms with Gasteiger partial charge in [0.2, 0.25) is 0 Å². The number of hydrogen-bond acceptors (Lipinski definition) is 5. The van der Waals surface area contributed by atoms with Crippen LogP contribution in [0.4, 0.5) is 5.69 Å². The zero-order valence-electron chi connectivity index (χ0n) is 16.6. The van der Waals surface area contributed by atoms with E-state index in [2.05, 4.69) is 21.7 Å². The molecule has 0 aliphatic carbocycles. The molecule has 0 unspecified atom stereocenters. The molecule has 150 valence electrons. The van der Waals surface area contributed by atoms with Crippen LogP contribution in [0.5, 0.6) is 11.5 Å². The van der Waals surface area contributed by atoms with Gasteiger partial charge in [-0.1, -0.05) is 29.8 Å². The summed E-state index contributed by atoms with van der Waals surface area (Å²) in [7, 11) is 1.63. The van der Waals surface area contributed by atoms with Gasteiger partial charge in [-0.05, 0) is 48.9 Å². The number of nitrogens with zero attached hydrogens (tertiary/aromatic N) is 1. The number of aryl methyl sites for hydroxylation is 1. The van der Waals surface area contributed by atoms with Crippen molar-refractivity contribution in [2.75, 3.05) is 25.6 Å². The standard InChI is InChI=1S/C23H25N3O3/c1-17-4-3-5-18(14-17)16-26-23(27)22-15-19(10-11-25-22)24-12-13-29-21-8-6-20(28-2)7-9-21/h3-11,14-15H,12-13,16H2,1-2H3,(H,24,25)(H,26,27). The number of amides is 1. The quantitative estimate of drug-likeness (QED) is 0.543. The Morgan fingerprint density at radius 1 is 1.03 bits per heavy atom. The Hall–Kier alpha value is -3.54. The monoisotopic (exact) mass is 391 g/mol. The van der Waals surface area contributed by atoms with Crippen LogP contribution in [0.15, 0.2) is 66.9 Å². The molecule has 0 fully saturated rings. The van der Waals surface area contributed by atoms with E-state index in [1.54, 1.807) is 19.4 Å². The number of ether oxygens (including phenoxy) is 2. The predicted molar refractivity (Wildman–Crippen MR) is 114 cm³/mol. The Labute approximate surface area is 170 Å². The molecule has 0 saturated carbocycles. The summed E-state index contributed by atoms with van der Waals surface area (Å²) >= 11 is 0. The van der Waals surface area contributed by atoms with Crippen LogP contribution in [0.2, 0.25) is 0 Å². The number of benzene rings is 2. The topological polar surface area (TPSA) is 72.5 Å². The highest BCUT2D eigenvalue weighted by molar-refractivity contribution is 5.93. The molecule has 0 saturated heterocycles. The molecule has 2 N–H and O–H groups in total. The van der Waals surface area contributed by atoms with E-state index in [9.17, 15) is 4.79 Å². The summed E-state index contributed by atoms with van der Waals surface area (Å²) in [4.78, 5) is 16.6. The number of carbonyl (C=O) groups is 1. The highest BCUT2D eigenvalue weighted by Gasteiger charge is 2.08. The van der Waals surface area contributed by atoms with E-state index in [0.717, 1.165) is 28.3 Å². The van der Waals surface area contributed by atoms with Gasteiger partial charge in [0.1, 0.15) is 23.8 Å². The van der Waals surface area contributed by atoms with E-state index in [-0.39, 0.29) is 5.91 Å². The fourth-order valence-corrected chi connectivity index (χ4v) is 2.80. The predicted octanol–water partition coefficient (Wildman–Crippen LogP) is 3.82. The van der Waals surface area contributed by atoms with Crippen molar-refractivity contribution in [1.29, 1.82) is 0 Å². The molecular weight excluding hydrogens is 366 g/mol. The van der Waals surface area contributed by atoms with Gasteiger partial charge in [-0.25, -0.2) is 0 Å². The third-order valence-electron chi connectivity index (χ3n) is 4.29. The first-order valence-electron chi connectivity index (χ1n) is 9.44. The van der Waals surface area contributed by atoms with E-state index >= 15 is 0 Å². The first kappa shape index (κ1) is 20.2. The van der Waals surface area contributed by atoms with E-state index < -0.39 is 0 Å². The van der Waals surface area contributed by atoms with Crippen molar-refractivity contribution in [3.8, 4) is 11.5 Å². The van der Waals surface area contributed by atoms with Crippen molar-refractivity contribution < 1.29 is 14.3 Å². The second-order valence-electron chi connectivity index (χ2n) is 6.55. The van der Waals surface area contributed by atoms with E-state index in [0.29, 0.717) is 25.4 Å². The molecule has 0 bridgehead atoms. The summed E-state index contributed by atoms with van der Waals surface area (Å²) < 4.78 is 10.8. The molecule has 6 nitrogen and oxygen atoms in total. The lowest BCUT2D eigenvalue weighted by Crippen LogP contribution is -2.24. The van der Waals surface area contributed by atoms with Gasteiger partial charge in [0.25, 0.3) is 5.91 Å². The number of pyridine rings is 1. The fourth-order valence-electron chi connectivity index (χ4n) is 2.80. The molecule has 1 heterocycles. The van der Waals surface area contributed by atoms with Crippen molar-refractivity contribution in [1.82, 2.24) is 10.3 Å². The van der Waals surface area contributed by atoms with Crippen LogP contribution < -0.4 is 20.1 Å². The number of aromatic nitrogens is 1. The number of carbonyl (C=O) groups excluding carboxylic acids is 1. The number of hydrogen-bond donors (Lipinski definition) is 2. The van der Waals surface area contributed by atoms with Gasteiger partial charge in [0.15, 0.2) is 0 Å². The number of rotatable bonds is 9. The lowest BCUT2D eigenvalue weighted by atomic mass is 10.1. The molecule has 3 rings (SSSR count). The number of anilines is 1. The highest BCUT2D eigenvalue weighted by atomic mass is 16.5. The summed E-state index contributed by atoms with van der Waals surface area (Å²) in [5.74, 6) is 1.36. The van der Waals surface area contributed by atoms with Crippen LogP contribution in [0.3, 0.4) is 0 Å². The first-order chi connectivity index (χ1) is 14.1. The van der Waals surface area contributed by atoms with Crippen LogP contribution in [0.25, 0.3) is 0 Å². The van der Waals surface area contributed by atoms with Crippen molar-refractivity contribution in [2.45, 2.75) is 13.5 Å². The summed E-state index contributed by atoms with van der Waals surface area (Å²) in [5.41, 5.74) is 3.42. The largest absolute Gasteiger partial charge is 0.497 e. The maximum absolute atomic E-state index is 12.4. The average Bonchev–Trinajstić information content (AvgIpc) is 2.76. The lowest BCUT2D eigenvalue weighted by molar-refractivity contribution is 0.0946. The minimum Gasteiger partial charge on any atom is -0.497 e. The van der Waals surface area contributed by atoms with E-state index in [4.69, 9.17) is 9.47 Å². The van der Waals surface area contributed by atoms with Gasteiger partial charge in [-0.15, -0.1) is 0 Å². The maximum atomic E-state index is 12.4. The Kier molecular flexibility index (Phi) is 7.05. The molecule has 0 aliphatic heterocycles. The molecule has 2 aromatic carbocycles. The molecule has 0 atom stereocenters. The molecule has 0 radical (unpaired) electrons. The SMILES string of the molecule is COc1ccc(OCCNc2ccnc(C(=O)NCc3cccc(C)c3)c2)cc1. The minimum atomic E-state index is -0.204. The van der Waals surface area contributed by atoms with Crippen LogP contribution in [-0.4, -0.2) is 31.2 Å². The van der Waals surface area contributed by atoms with Gasteiger partial charge < -0.3 is 20.1 Å². The summed E-state index contributed by atoms with van der Waals surface area (Å²) in [6, 6.07) is 19.0. The zero-order chi connectivity index (χ0) is 20.5. The van der Waals surface area contributed by atoms with Gasteiger partial charge in [0, 0.05) is 25.0 Å². The van der Waals surface area contributed by atoms with Gasteiger partial charge in [-0.2, -0.15) is 0 Å². The molecule has 29 heavy (non-hydrogen) atoms. The summed E-state index contributed by atoms with van der Waals surface area (Å²) in [6.07, 6.45) is 1.62. The molecule has 0 aliphatic rings. The Balaban J connectivity index is 1.46. The Morgan fingerprint density at radius 3 is 2.59 bits per heavy atom. The second-order valence-corrected chi connectivity index (χ2v) is 6.55. The number of nitrogens with one attached hydrogen (secondary N) is 2. The maximum Gasteiger partial charge on any atom is 0.270 e. The van der Waals surface area contributed by atoms with Crippen molar-refractivity contribution in [3.05, 3.63) is 83.7 Å². The minimum absolute atomic E-state index is 0.204. The zero-order valence-corrected chi connectivity index (χ0v) is 16.6. The highest BCUT2D eigenvalue weighted by Crippen LogP contribution is 2.17. The normalized spacial score (nSPS) is 10.3. The van der Waals surface area contributed by atoms with Crippen molar-refractivity contribution in [2.24, 2.45) is 0 Å². The fraction of sp³-hybridized carbons (Fsp3) is 0.217. The number of methoxy groups -OCH3 is 1. The Morgan fingerprint density at radius 2 is 1.83 bits per heavy atom. The van der Waals surface area contributed by atoms with Gasteiger partial charge >= 0.3 is 0 Å². The molecule has 1 aromatic heterocycles. The second kappa shape index (κ2) is 10.1. The lowest BCUT2D eigenvalue weighted by Gasteiger charge is -2.10. The average molecular weight is 391 g/mol. The third-order valence-corrected chi connectivity index (χ3v) is 4.29. The van der Waals surface area contributed by atoms with Gasteiger partial charge in [0.05, 0.1) is 7.11 Å². The smallest absolute Gasteiger partial charge is 0.270 e. The van der Waals surface area contributed by atoms with Gasteiger partial charge in [-0.3, -0.25) is 9.78 Å². The van der Waals surface area contributed by atoms with Crippen LogP contribution >= 0.6 is 0 Å². The van der Waals surface area contributed by atoms with Crippen molar-refractivity contribution >= 4 is 11.6 Å². The van der Waals surface area contributed by atoms with Crippen LogP contribution in [0, 0.1) is 6.92 Å². The summed E-state index contributed by atoms with van der Waals surface area (Å²) in [5, 5.41) is 6.15. The van der Waals surface area contributed by atoms with Crippen LogP contribution in [-0.2, 0) is 6.54 Å². The first-order valence-corrected chi connectivity index (χ1v) is 9.44. The summed E-state index contributed by atoms with van der Waals surface area (Å²) in [6.45, 7) is 3.58. The van der Waals surface area contributed by atoms with Crippen LogP contribution in [0.1, 0.15) is 21.6 Å². The molecular formula is C23H25N3O3. The van der Waals surface area contributed by atoms with E-state index in [1.165, 1.54) is 0 Å². The molecule has 3 aromatic rings. The Bertz CT molecular complexity index is 942. The molecule has 1 amide bonds.